The molecule has 106 valence electrons. The first-order chi connectivity index (χ1) is 8.60. The minimum atomic E-state index is -0.792. The van der Waals surface area contributed by atoms with Crippen LogP contribution in [0.25, 0.3) is 0 Å². The zero-order chi connectivity index (χ0) is 14.7. The summed E-state index contributed by atoms with van der Waals surface area (Å²) in [5.74, 6) is -0.248. The molecule has 19 heavy (non-hydrogen) atoms. The summed E-state index contributed by atoms with van der Waals surface area (Å²) in [6.07, 6.45) is 2.37. The van der Waals surface area contributed by atoms with Crippen LogP contribution in [0.2, 0.25) is 0 Å². The summed E-state index contributed by atoms with van der Waals surface area (Å²) >= 11 is 0. The Morgan fingerprint density at radius 1 is 1.32 bits per heavy atom. The van der Waals surface area contributed by atoms with Crippen LogP contribution in [0.3, 0.4) is 0 Å². The predicted octanol–water partition coefficient (Wildman–Crippen LogP) is 2.83. The molecule has 0 aromatic carbocycles. The minimum absolute atomic E-state index is 0.0371. The van der Waals surface area contributed by atoms with Crippen molar-refractivity contribution < 1.29 is 9.90 Å². The van der Waals surface area contributed by atoms with Gasteiger partial charge in [-0.25, -0.2) is 9.97 Å². The molecular formula is C14H23N3O2. The van der Waals surface area contributed by atoms with Crippen LogP contribution in [0.1, 0.15) is 53.2 Å². The molecule has 1 aromatic heterocycles. The van der Waals surface area contributed by atoms with Gasteiger partial charge in [-0.2, -0.15) is 0 Å². The number of rotatable bonds is 5. The second-order valence-electron chi connectivity index (χ2n) is 6.42. The summed E-state index contributed by atoms with van der Waals surface area (Å²) in [6.45, 7) is 10.2. The standard InChI is InChI=1S/C14H23N3O2/c1-13(2,3)10-7-9-15-12(16-10)17-14(4,5)8-6-11(18)19/h7,9H,6,8H2,1-5H3,(H,18,19)(H,15,16,17). The molecule has 1 aromatic rings. The fraction of sp³-hybridized carbons (Fsp3) is 0.643. The van der Waals surface area contributed by atoms with Crippen molar-refractivity contribution in [1.29, 1.82) is 0 Å². The van der Waals surface area contributed by atoms with Crippen molar-refractivity contribution in [3.63, 3.8) is 0 Å². The highest BCUT2D eigenvalue weighted by atomic mass is 16.4. The van der Waals surface area contributed by atoms with Gasteiger partial charge in [-0.05, 0) is 26.3 Å². The number of carboxylic acid groups (broad SMARTS) is 1. The maximum atomic E-state index is 10.6. The third kappa shape index (κ3) is 5.24. The second kappa shape index (κ2) is 5.55. The van der Waals surface area contributed by atoms with Crippen molar-refractivity contribution >= 4 is 11.9 Å². The van der Waals surface area contributed by atoms with E-state index in [2.05, 4.69) is 36.1 Å². The summed E-state index contributed by atoms with van der Waals surface area (Å²) in [7, 11) is 0. The lowest BCUT2D eigenvalue weighted by atomic mass is 9.92. The highest BCUT2D eigenvalue weighted by molar-refractivity contribution is 5.66. The van der Waals surface area contributed by atoms with Gasteiger partial charge in [0.25, 0.3) is 0 Å². The third-order valence-corrected chi connectivity index (χ3v) is 2.84. The molecule has 0 unspecified atom stereocenters. The van der Waals surface area contributed by atoms with E-state index in [0.717, 1.165) is 5.69 Å². The van der Waals surface area contributed by atoms with Crippen LogP contribution in [-0.4, -0.2) is 26.6 Å². The molecule has 0 aliphatic carbocycles. The summed E-state index contributed by atoms with van der Waals surface area (Å²) in [4.78, 5) is 19.3. The minimum Gasteiger partial charge on any atom is -0.481 e. The Balaban J connectivity index is 2.79. The molecule has 0 fully saturated rings. The van der Waals surface area contributed by atoms with Gasteiger partial charge in [0.1, 0.15) is 0 Å². The zero-order valence-electron chi connectivity index (χ0n) is 12.3. The molecule has 1 heterocycles. The van der Waals surface area contributed by atoms with Gasteiger partial charge < -0.3 is 10.4 Å². The van der Waals surface area contributed by atoms with Crippen molar-refractivity contribution in [3.05, 3.63) is 18.0 Å². The molecular weight excluding hydrogens is 242 g/mol. The van der Waals surface area contributed by atoms with E-state index in [0.29, 0.717) is 12.4 Å². The van der Waals surface area contributed by atoms with Crippen molar-refractivity contribution in [3.8, 4) is 0 Å². The summed E-state index contributed by atoms with van der Waals surface area (Å²) in [6, 6.07) is 1.90. The lowest BCUT2D eigenvalue weighted by Gasteiger charge is -2.26. The van der Waals surface area contributed by atoms with E-state index in [9.17, 15) is 4.79 Å². The van der Waals surface area contributed by atoms with Gasteiger partial charge in [0.05, 0.1) is 5.69 Å². The molecule has 1 rings (SSSR count). The number of aromatic nitrogens is 2. The maximum absolute atomic E-state index is 10.6. The molecule has 0 atom stereocenters. The average Bonchev–Trinajstić information content (AvgIpc) is 2.25. The van der Waals surface area contributed by atoms with Gasteiger partial charge in [0, 0.05) is 23.6 Å². The Labute approximate surface area is 114 Å². The van der Waals surface area contributed by atoms with E-state index in [1.807, 2.05) is 19.9 Å². The highest BCUT2D eigenvalue weighted by Gasteiger charge is 2.21. The van der Waals surface area contributed by atoms with Crippen molar-refractivity contribution in [1.82, 2.24) is 9.97 Å². The van der Waals surface area contributed by atoms with Gasteiger partial charge in [-0.1, -0.05) is 20.8 Å². The van der Waals surface area contributed by atoms with Crippen molar-refractivity contribution in [2.24, 2.45) is 0 Å². The van der Waals surface area contributed by atoms with Gasteiger partial charge in [0.2, 0.25) is 5.95 Å². The molecule has 0 amide bonds. The molecule has 2 N–H and O–H groups in total. The highest BCUT2D eigenvalue weighted by Crippen LogP contribution is 2.22. The van der Waals surface area contributed by atoms with Crippen molar-refractivity contribution in [2.75, 3.05) is 5.32 Å². The number of aliphatic carboxylic acids is 1. The monoisotopic (exact) mass is 265 g/mol. The molecule has 0 bridgehead atoms. The molecule has 0 saturated heterocycles. The molecule has 5 nitrogen and oxygen atoms in total. The number of hydrogen-bond acceptors (Lipinski definition) is 4. The molecule has 0 aliphatic heterocycles. The number of carbonyl (C=O) groups is 1. The number of nitrogens with one attached hydrogen (secondary N) is 1. The Morgan fingerprint density at radius 2 is 1.95 bits per heavy atom. The van der Waals surface area contributed by atoms with E-state index >= 15 is 0 Å². The molecule has 5 heteroatoms. The van der Waals surface area contributed by atoms with E-state index in [1.54, 1.807) is 6.20 Å². The van der Waals surface area contributed by atoms with E-state index in [-0.39, 0.29) is 17.4 Å². The second-order valence-corrected chi connectivity index (χ2v) is 6.42. The number of anilines is 1. The lowest BCUT2D eigenvalue weighted by molar-refractivity contribution is -0.137. The van der Waals surface area contributed by atoms with Crippen LogP contribution in [-0.2, 0) is 10.2 Å². The van der Waals surface area contributed by atoms with E-state index in [1.165, 1.54) is 0 Å². The molecule has 0 saturated carbocycles. The van der Waals surface area contributed by atoms with Crippen LogP contribution >= 0.6 is 0 Å². The van der Waals surface area contributed by atoms with Crippen LogP contribution in [0.4, 0.5) is 5.95 Å². The van der Waals surface area contributed by atoms with Crippen LogP contribution < -0.4 is 5.32 Å². The summed E-state index contributed by atoms with van der Waals surface area (Å²) in [5.41, 5.74) is 0.568. The predicted molar refractivity (Wildman–Crippen MR) is 75.3 cm³/mol. The largest absolute Gasteiger partial charge is 0.481 e. The van der Waals surface area contributed by atoms with E-state index < -0.39 is 5.97 Å². The number of hydrogen-bond donors (Lipinski definition) is 2. The fourth-order valence-electron chi connectivity index (χ4n) is 1.62. The number of nitrogens with zero attached hydrogens (tertiary/aromatic N) is 2. The van der Waals surface area contributed by atoms with E-state index in [4.69, 9.17) is 5.11 Å². The average molecular weight is 265 g/mol. The summed E-state index contributed by atoms with van der Waals surface area (Å²) < 4.78 is 0. The normalized spacial score (nSPS) is 12.3. The topological polar surface area (TPSA) is 75.1 Å². The molecule has 0 aliphatic rings. The first-order valence-corrected chi connectivity index (χ1v) is 6.44. The third-order valence-electron chi connectivity index (χ3n) is 2.84. The Hall–Kier alpha value is -1.65. The summed E-state index contributed by atoms with van der Waals surface area (Å²) in [5, 5.41) is 11.9. The van der Waals surface area contributed by atoms with Crippen LogP contribution in [0.5, 0.6) is 0 Å². The SMILES string of the molecule is CC(C)(CCC(=O)O)Nc1nccc(C(C)(C)C)n1. The first-order valence-electron chi connectivity index (χ1n) is 6.44. The van der Waals surface area contributed by atoms with Crippen molar-refractivity contribution in [2.45, 2.75) is 58.4 Å². The van der Waals surface area contributed by atoms with Gasteiger partial charge >= 0.3 is 5.97 Å². The van der Waals surface area contributed by atoms with Crippen LogP contribution in [0, 0.1) is 0 Å². The number of carboxylic acids is 1. The molecule has 0 spiro atoms. The first kappa shape index (κ1) is 15.4. The van der Waals surface area contributed by atoms with Crippen LogP contribution in [0.15, 0.2) is 12.3 Å². The molecule has 0 radical (unpaired) electrons. The van der Waals surface area contributed by atoms with Gasteiger partial charge in [0.15, 0.2) is 0 Å². The quantitative estimate of drug-likeness (QED) is 0.856. The van der Waals surface area contributed by atoms with Gasteiger partial charge in [-0.15, -0.1) is 0 Å². The van der Waals surface area contributed by atoms with Gasteiger partial charge in [-0.3, -0.25) is 4.79 Å². The lowest BCUT2D eigenvalue weighted by Crippen LogP contribution is -2.32. The smallest absolute Gasteiger partial charge is 0.303 e. The zero-order valence-corrected chi connectivity index (χ0v) is 12.3. The fourth-order valence-corrected chi connectivity index (χ4v) is 1.62. The Bertz CT molecular complexity index is 450. The Kier molecular flexibility index (Phi) is 4.50. The maximum Gasteiger partial charge on any atom is 0.303 e. The Morgan fingerprint density at radius 3 is 2.47 bits per heavy atom.